The van der Waals surface area contributed by atoms with Crippen molar-refractivity contribution in [3.8, 4) is 5.75 Å². The third kappa shape index (κ3) is 2.69. The molecule has 0 saturated heterocycles. The fourth-order valence-corrected chi connectivity index (χ4v) is 3.93. The second-order valence-corrected chi connectivity index (χ2v) is 7.23. The maximum absolute atomic E-state index is 12.5. The van der Waals surface area contributed by atoms with Crippen LogP contribution in [-0.2, 0) is 4.79 Å². The quantitative estimate of drug-likeness (QED) is 0.535. The van der Waals surface area contributed by atoms with Crippen LogP contribution in [0.4, 0.5) is 0 Å². The number of hydrogen-bond acceptors (Lipinski definition) is 2. The van der Waals surface area contributed by atoms with Crippen LogP contribution < -0.4 is 4.74 Å². The molecular formula is C22H17BrO2. The maximum atomic E-state index is 12.5. The summed E-state index contributed by atoms with van der Waals surface area (Å²) in [6, 6.07) is 20.5. The summed E-state index contributed by atoms with van der Waals surface area (Å²) in [6.07, 6.45) is 0. The Kier molecular flexibility index (Phi) is 3.97. The molecule has 1 heterocycles. The zero-order valence-corrected chi connectivity index (χ0v) is 15.6. The van der Waals surface area contributed by atoms with Crippen molar-refractivity contribution in [2.75, 3.05) is 0 Å². The van der Waals surface area contributed by atoms with Crippen LogP contribution >= 0.6 is 15.9 Å². The molecule has 1 aliphatic heterocycles. The predicted molar refractivity (Wildman–Crippen MR) is 104 cm³/mol. The summed E-state index contributed by atoms with van der Waals surface area (Å²) >= 11 is 3.49. The van der Waals surface area contributed by atoms with Gasteiger partial charge >= 0.3 is 0 Å². The van der Waals surface area contributed by atoms with Crippen LogP contribution in [0.3, 0.4) is 0 Å². The Morgan fingerprint density at radius 2 is 1.72 bits per heavy atom. The van der Waals surface area contributed by atoms with E-state index in [1.807, 2.05) is 37.3 Å². The van der Waals surface area contributed by atoms with Gasteiger partial charge in [-0.2, -0.15) is 0 Å². The summed E-state index contributed by atoms with van der Waals surface area (Å²) in [5.41, 5.74) is 2.89. The van der Waals surface area contributed by atoms with Gasteiger partial charge in [0.15, 0.2) is 5.78 Å². The van der Waals surface area contributed by atoms with E-state index >= 15 is 0 Å². The van der Waals surface area contributed by atoms with Crippen molar-refractivity contribution in [2.24, 2.45) is 0 Å². The average Bonchev–Trinajstić information content (AvgIpc) is 2.60. The number of benzene rings is 3. The van der Waals surface area contributed by atoms with Crippen LogP contribution in [0.1, 0.15) is 30.9 Å². The van der Waals surface area contributed by atoms with Crippen molar-refractivity contribution in [2.45, 2.75) is 19.8 Å². The lowest BCUT2D eigenvalue weighted by atomic mass is 9.79. The number of ether oxygens (including phenoxy) is 1. The van der Waals surface area contributed by atoms with E-state index in [2.05, 4.69) is 46.3 Å². The molecule has 2 nitrogen and oxygen atoms in total. The van der Waals surface area contributed by atoms with Gasteiger partial charge in [0.2, 0.25) is 0 Å². The largest absolute Gasteiger partial charge is 0.461 e. The molecule has 4 rings (SSSR count). The molecule has 124 valence electrons. The lowest BCUT2D eigenvalue weighted by molar-refractivity contribution is -0.114. The molecule has 0 amide bonds. The van der Waals surface area contributed by atoms with Crippen molar-refractivity contribution in [3.05, 3.63) is 87.6 Å². The number of ketones is 1. The molecule has 0 aliphatic carbocycles. The van der Waals surface area contributed by atoms with Gasteiger partial charge in [-0.15, -0.1) is 0 Å². The van der Waals surface area contributed by atoms with Gasteiger partial charge in [0.25, 0.3) is 0 Å². The third-order valence-corrected chi connectivity index (χ3v) is 5.26. The molecule has 0 fully saturated rings. The number of carbonyl (C=O) groups is 1. The van der Waals surface area contributed by atoms with Crippen LogP contribution in [-0.4, -0.2) is 5.78 Å². The molecule has 1 atom stereocenters. The summed E-state index contributed by atoms with van der Waals surface area (Å²) in [5.74, 6) is 1.43. The Balaban J connectivity index is 2.06. The van der Waals surface area contributed by atoms with Crippen molar-refractivity contribution in [3.63, 3.8) is 0 Å². The molecule has 1 aliphatic rings. The summed E-state index contributed by atoms with van der Waals surface area (Å²) in [6.45, 7) is 3.49. The Labute approximate surface area is 155 Å². The van der Waals surface area contributed by atoms with E-state index in [1.165, 1.54) is 0 Å². The first-order valence-electron chi connectivity index (χ1n) is 8.23. The fourth-order valence-electron chi connectivity index (χ4n) is 3.67. The highest BCUT2D eigenvalue weighted by Gasteiger charge is 2.33. The van der Waals surface area contributed by atoms with Crippen LogP contribution in [0.5, 0.6) is 5.75 Å². The average molecular weight is 393 g/mol. The van der Waals surface area contributed by atoms with Gasteiger partial charge in [-0.05, 0) is 48.4 Å². The SMILES string of the molecule is CC(=O)C1=C(C)Oc2ccc3ccccc3c2C1c1ccc(Br)cc1. The molecule has 3 aromatic carbocycles. The highest BCUT2D eigenvalue weighted by molar-refractivity contribution is 9.10. The molecule has 0 aromatic heterocycles. The molecule has 3 heteroatoms. The number of Topliss-reactive ketones (excluding diaryl/α,β-unsaturated/α-hetero) is 1. The van der Waals surface area contributed by atoms with Crippen LogP contribution in [0.25, 0.3) is 10.8 Å². The van der Waals surface area contributed by atoms with Crippen molar-refractivity contribution >= 4 is 32.5 Å². The van der Waals surface area contributed by atoms with E-state index in [0.29, 0.717) is 5.76 Å². The molecule has 25 heavy (non-hydrogen) atoms. The molecule has 0 radical (unpaired) electrons. The Morgan fingerprint density at radius 1 is 1.00 bits per heavy atom. The first-order chi connectivity index (χ1) is 12.1. The molecule has 0 bridgehead atoms. The normalized spacial score (nSPS) is 16.5. The summed E-state index contributed by atoms with van der Waals surface area (Å²) in [5, 5.41) is 2.27. The summed E-state index contributed by atoms with van der Waals surface area (Å²) < 4.78 is 7.06. The zero-order valence-electron chi connectivity index (χ0n) is 14.0. The van der Waals surface area contributed by atoms with Crippen LogP contribution in [0.15, 0.2) is 76.5 Å². The van der Waals surface area contributed by atoms with Gasteiger partial charge in [0.05, 0.1) is 0 Å². The van der Waals surface area contributed by atoms with E-state index in [1.54, 1.807) is 6.92 Å². The maximum Gasteiger partial charge on any atom is 0.160 e. The highest BCUT2D eigenvalue weighted by Crippen LogP contribution is 2.46. The molecular weight excluding hydrogens is 376 g/mol. The number of hydrogen-bond donors (Lipinski definition) is 0. The van der Waals surface area contributed by atoms with Gasteiger partial charge in [-0.1, -0.05) is 58.4 Å². The first kappa shape index (κ1) is 16.1. The van der Waals surface area contributed by atoms with Gasteiger partial charge < -0.3 is 4.74 Å². The standard InChI is InChI=1S/C22H17BrO2/c1-13(24)20-14(2)25-19-12-9-15-5-3-4-6-18(15)22(19)21(20)16-7-10-17(23)11-8-16/h3-12,21H,1-2H3. The van der Waals surface area contributed by atoms with Crippen molar-refractivity contribution in [1.82, 2.24) is 0 Å². The smallest absolute Gasteiger partial charge is 0.160 e. The fraction of sp³-hybridized carbons (Fsp3) is 0.136. The molecule has 0 saturated carbocycles. The minimum Gasteiger partial charge on any atom is -0.461 e. The van der Waals surface area contributed by atoms with Crippen molar-refractivity contribution in [1.29, 1.82) is 0 Å². The molecule has 1 unspecified atom stereocenters. The van der Waals surface area contributed by atoms with E-state index in [-0.39, 0.29) is 11.7 Å². The van der Waals surface area contributed by atoms with Crippen LogP contribution in [0, 0.1) is 0 Å². The van der Waals surface area contributed by atoms with Gasteiger partial charge in [0.1, 0.15) is 11.5 Å². The minimum atomic E-state index is -0.125. The van der Waals surface area contributed by atoms with E-state index in [0.717, 1.165) is 37.7 Å². The van der Waals surface area contributed by atoms with Gasteiger partial charge in [0, 0.05) is 21.5 Å². The monoisotopic (exact) mass is 392 g/mol. The van der Waals surface area contributed by atoms with Crippen molar-refractivity contribution < 1.29 is 9.53 Å². The molecule has 0 N–H and O–H groups in total. The van der Waals surface area contributed by atoms with E-state index < -0.39 is 0 Å². The Morgan fingerprint density at radius 3 is 2.44 bits per heavy atom. The van der Waals surface area contributed by atoms with Gasteiger partial charge in [-0.25, -0.2) is 0 Å². The molecule has 3 aromatic rings. The predicted octanol–water partition coefficient (Wildman–Crippen LogP) is 5.99. The lowest BCUT2D eigenvalue weighted by Gasteiger charge is -2.30. The zero-order chi connectivity index (χ0) is 17.6. The summed E-state index contributed by atoms with van der Waals surface area (Å²) in [7, 11) is 0. The number of halogens is 1. The summed E-state index contributed by atoms with van der Waals surface area (Å²) in [4.78, 5) is 12.5. The minimum absolute atomic E-state index is 0.0454. The Hall–Kier alpha value is -2.39. The second-order valence-electron chi connectivity index (χ2n) is 6.31. The highest BCUT2D eigenvalue weighted by atomic mass is 79.9. The van der Waals surface area contributed by atoms with E-state index in [9.17, 15) is 4.79 Å². The topological polar surface area (TPSA) is 26.3 Å². The van der Waals surface area contributed by atoms with E-state index in [4.69, 9.17) is 4.74 Å². The first-order valence-corrected chi connectivity index (χ1v) is 9.02. The number of fused-ring (bicyclic) bond motifs is 3. The second kappa shape index (κ2) is 6.16. The molecule has 0 spiro atoms. The Bertz CT molecular complexity index is 1020. The van der Waals surface area contributed by atoms with Gasteiger partial charge in [-0.3, -0.25) is 4.79 Å². The lowest BCUT2D eigenvalue weighted by Crippen LogP contribution is -2.20. The number of carbonyl (C=O) groups excluding carboxylic acids is 1. The number of allylic oxidation sites excluding steroid dienone is 2. The third-order valence-electron chi connectivity index (χ3n) is 4.73. The van der Waals surface area contributed by atoms with Crippen LogP contribution in [0.2, 0.25) is 0 Å². The number of rotatable bonds is 2.